The standard InChI is InChI=1S/C14H29N3O/c1-3-17(4-2)11-10-15-14(18)16-12-13-8-6-5-7-9-13/h13H,3-12H2,1-2H3,(H2,15,16,18). The third-order valence-electron chi connectivity index (χ3n) is 3.88. The molecular formula is C14H29N3O. The average molecular weight is 255 g/mol. The summed E-state index contributed by atoms with van der Waals surface area (Å²) in [6.45, 7) is 8.89. The Balaban J connectivity index is 2.02. The molecule has 1 rings (SSSR count). The Labute approximate surface area is 111 Å². The highest BCUT2D eigenvalue weighted by Gasteiger charge is 2.13. The number of carbonyl (C=O) groups excluding carboxylic acids is 1. The minimum atomic E-state index is -0.00673. The highest BCUT2D eigenvalue weighted by Crippen LogP contribution is 2.22. The molecule has 0 heterocycles. The molecule has 106 valence electrons. The summed E-state index contributed by atoms with van der Waals surface area (Å²) in [4.78, 5) is 13.9. The molecular weight excluding hydrogens is 226 g/mol. The van der Waals surface area contributed by atoms with Gasteiger partial charge < -0.3 is 15.5 Å². The first-order chi connectivity index (χ1) is 8.76. The largest absolute Gasteiger partial charge is 0.338 e. The molecule has 0 radical (unpaired) electrons. The fourth-order valence-corrected chi connectivity index (χ4v) is 2.56. The van der Waals surface area contributed by atoms with E-state index in [-0.39, 0.29) is 6.03 Å². The number of nitrogens with one attached hydrogen (secondary N) is 2. The van der Waals surface area contributed by atoms with Gasteiger partial charge in [-0.3, -0.25) is 0 Å². The van der Waals surface area contributed by atoms with Gasteiger partial charge in [0.15, 0.2) is 0 Å². The van der Waals surface area contributed by atoms with E-state index in [9.17, 15) is 4.79 Å². The van der Waals surface area contributed by atoms with Gasteiger partial charge in [-0.15, -0.1) is 0 Å². The molecule has 4 nitrogen and oxygen atoms in total. The number of hydrogen-bond donors (Lipinski definition) is 2. The minimum absolute atomic E-state index is 0.00673. The summed E-state index contributed by atoms with van der Waals surface area (Å²) < 4.78 is 0. The van der Waals surface area contributed by atoms with Gasteiger partial charge >= 0.3 is 6.03 Å². The van der Waals surface area contributed by atoms with Crippen molar-refractivity contribution in [3.05, 3.63) is 0 Å². The fraction of sp³-hybridized carbons (Fsp3) is 0.929. The number of rotatable bonds is 7. The van der Waals surface area contributed by atoms with Crippen LogP contribution in [0.4, 0.5) is 4.79 Å². The summed E-state index contributed by atoms with van der Waals surface area (Å²) in [6.07, 6.45) is 6.58. The van der Waals surface area contributed by atoms with Crippen molar-refractivity contribution < 1.29 is 4.79 Å². The quantitative estimate of drug-likeness (QED) is 0.732. The van der Waals surface area contributed by atoms with Crippen LogP contribution in [0.25, 0.3) is 0 Å². The van der Waals surface area contributed by atoms with Crippen molar-refractivity contribution in [1.29, 1.82) is 0 Å². The molecule has 0 aliphatic heterocycles. The number of likely N-dealkylation sites (N-methyl/N-ethyl adjacent to an activating group) is 1. The van der Waals surface area contributed by atoms with Crippen LogP contribution in [-0.2, 0) is 0 Å². The van der Waals surface area contributed by atoms with E-state index >= 15 is 0 Å². The predicted octanol–water partition coefficient (Wildman–Crippen LogP) is 2.21. The Morgan fingerprint density at radius 2 is 1.78 bits per heavy atom. The van der Waals surface area contributed by atoms with Crippen molar-refractivity contribution in [2.45, 2.75) is 46.0 Å². The number of urea groups is 1. The Bertz CT molecular complexity index is 223. The van der Waals surface area contributed by atoms with Crippen LogP contribution in [0.5, 0.6) is 0 Å². The molecule has 0 aromatic carbocycles. The van der Waals surface area contributed by atoms with E-state index in [1.54, 1.807) is 0 Å². The first-order valence-corrected chi connectivity index (χ1v) is 7.50. The van der Waals surface area contributed by atoms with Crippen LogP contribution in [0.1, 0.15) is 46.0 Å². The number of amides is 2. The van der Waals surface area contributed by atoms with Gasteiger partial charge in [0.2, 0.25) is 0 Å². The Morgan fingerprint density at radius 3 is 2.39 bits per heavy atom. The highest BCUT2D eigenvalue weighted by atomic mass is 16.2. The van der Waals surface area contributed by atoms with Gasteiger partial charge in [0.1, 0.15) is 0 Å². The summed E-state index contributed by atoms with van der Waals surface area (Å²) in [5.74, 6) is 0.701. The van der Waals surface area contributed by atoms with Gasteiger partial charge in [0, 0.05) is 19.6 Å². The Kier molecular flexibility index (Phi) is 7.81. The third-order valence-corrected chi connectivity index (χ3v) is 3.88. The summed E-state index contributed by atoms with van der Waals surface area (Å²) in [7, 11) is 0. The average Bonchev–Trinajstić information content (AvgIpc) is 2.42. The molecule has 4 heteroatoms. The second kappa shape index (κ2) is 9.20. The molecule has 0 aromatic heterocycles. The predicted molar refractivity (Wildman–Crippen MR) is 75.8 cm³/mol. The van der Waals surface area contributed by atoms with Crippen LogP contribution in [0.3, 0.4) is 0 Å². The zero-order valence-electron chi connectivity index (χ0n) is 12.0. The van der Waals surface area contributed by atoms with Gasteiger partial charge in [0.25, 0.3) is 0 Å². The van der Waals surface area contributed by atoms with Gasteiger partial charge in [-0.05, 0) is 31.8 Å². The molecule has 0 saturated heterocycles. The maximum atomic E-state index is 11.6. The lowest BCUT2D eigenvalue weighted by molar-refractivity contribution is 0.232. The van der Waals surface area contributed by atoms with Crippen molar-refractivity contribution in [3.8, 4) is 0 Å². The number of nitrogens with zero attached hydrogens (tertiary/aromatic N) is 1. The molecule has 18 heavy (non-hydrogen) atoms. The Hall–Kier alpha value is -0.770. The van der Waals surface area contributed by atoms with Gasteiger partial charge in [-0.1, -0.05) is 33.1 Å². The summed E-state index contributed by atoms with van der Waals surface area (Å²) in [5.41, 5.74) is 0. The lowest BCUT2D eigenvalue weighted by atomic mass is 9.89. The van der Waals surface area contributed by atoms with E-state index < -0.39 is 0 Å². The van der Waals surface area contributed by atoms with Crippen molar-refractivity contribution in [2.75, 3.05) is 32.7 Å². The van der Waals surface area contributed by atoms with Crippen LogP contribution in [0, 0.1) is 5.92 Å². The maximum Gasteiger partial charge on any atom is 0.314 e. The summed E-state index contributed by atoms with van der Waals surface area (Å²) in [6, 6.07) is -0.00673. The topological polar surface area (TPSA) is 44.4 Å². The molecule has 0 atom stereocenters. The van der Waals surface area contributed by atoms with Crippen LogP contribution in [0.2, 0.25) is 0 Å². The van der Waals surface area contributed by atoms with Gasteiger partial charge in [0.05, 0.1) is 0 Å². The summed E-state index contributed by atoms with van der Waals surface area (Å²) >= 11 is 0. The van der Waals surface area contributed by atoms with Crippen molar-refractivity contribution in [2.24, 2.45) is 5.92 Å². The van der Waals surface area contributed by atoms with E-state index in [0.29, 0.717) is 5.92 Å². The highest BCUT2D eigenvalue weighted by molar-refractivity contribution is 5.73. The number of hydrogen-bond acceptors (Lipinski definition) is 2. The van der Waals surface area contributed by atoms with Crippen molar-refractivity contribution in [1.82, 2.24) is 15.5 Å². The van der Waals surface area contributed by atoms with E-state index in [2.05, 4.69) is 29.4 Å². The Morgan fingerprint density at radius 1 is 1.11 bits per heavy atom. The van der Waals surface area contributed by atoms with E-state index in [1.807, 2.05) is 0 Å². The SMILES string of the molecule is CCN(CC)CCNC(=O)NCC1CCCCC1. The third kappa shape index (κ3) is 6.24. The van der Waals surface area contributed by atoms with Crippen LogP contribution in [0.15, 0.2) is 0 Å². The van der Waals surface area contributed by atoms with Crippen molar-refractivity contribution in [3.63, 3.8) is 0 Å². The second-order valence-corrected chi connectivity index (χ2v) is 5.17. The molecule has 0 spiro atoms. The second-order valence-electron chi connectivity index (χ2n) is 5.17. The van der Waals surface area contributed by atoms with Crippen LogP contribution in [-0.4, -0.2) is 43.7 Å². The van der Waals surface area contributed by atoms with E-state index in [1.165, 1.54) is 32.1 Å². The molecule has 1 aliphatic carbocycles. The van der Waals surface area contributed by atoms with E-state index in [4.69, 9.17) is 0 Å². The molecule has 1 fully saturated rings. The minimum Gasteiger partial charge on any atom is -0.338 e. The van der Waals surface area contributed by atoms with Crippen LogP contribution < -0.4 is 10.6 Å². The molecule has 2 N–H and O–H groups in total. The molecule has 0 bridgehead atoms. The molecule has 1 aliphatic rings. The molecule has 2 amide bonds. The lowest BCUT2D eigenvalue weighted by Gasteiger charge is -2.22. The van der Waals surface area contributed by atoms with Gasteiger partial charge in [-0.2, -0.15) is 0 Å². The first kappa shape index (κ1) is 15.3. The normalized spacial score (nSPS) is 16.8. The monoisotopic (exact) mass is 255 g/mol. The molecule has 1 saturated carbocycles. The van der Waals surface area contributed by atoms with Crippen LogP contribution >= 0.6 is 0 Å². The van der Waals surface area contributed by atoms with Crippen molar-refractivity contribution >= 4 is 6.03 Å². The molecule has 0 unspecified atom stereocenters. The summed E-state index contributed by atoms with van der Waals surface area (Å²) in [5, 5.41) is 5.92. The molecule has 0 aromatic rings. The lowest BCUT2D eigenvalue weighted by Crippen LogP contribution is -2.42. The zero-order valence-corrected chi connectivity index (χ0v) is 12.0. The maximum absolute atomic E-state index is 11.6. The smallest absolute Gasteiger partial charge is 0.314 e. The zero-order chi connectivity index (χ0) is 13.2. The van der Waals surface area contributed by atoms with Gasteiger partial charge in [-0.25, -0.2) is 4.79 Å². The van der Waals surface area contributed by atoms with E-state index in [0.717, 1.165) is 32.7 Å². The number of carbonyl (C=O) groups is 1. The first-order valence-electron chi connectivity index (χ1n) is 7.50. The fourth-order valence-electron chi connectivity index (χ4n) is 2.56.